The molecule has 0 spiro atoms. The molecule has 0 amide bonds. The molecule has 0 unspecified atom stereocenters. The number of H-pyrrole nitrogens is 1. The van der Waals surface area contributed by atoms with Crippen molar-refractivity contribution in [3.05, 3.63) is 78.1 Å². The van der Waals surface area contributed by atoms with Gasteiger partial charge < -0.3 is 5.32 Å². The van der Waals surface area contributed by atoms with Crippen molar-refractivity contribution in [3.63, 3.8) is 0 Å². The smallest absolute Gasteiger partial charge is 0.162 e. The molecule has 0 saturated carbocycles. The number of nitrogens with one attached hydrogen (secondary N) is 2. The Morgan fingerprint density at radius 2 is 1.68 bits per heavy atom. The van der Waals surface area contributed by atoms with E-state index in [0.717, 1.165) is 27.5 Å². The van der Waals surface area contributed by atoms with Crippen LogP contribution >= 0.6 is 0 Å². The first-order valence-corrected chi connectivity index (χ1v) is 8.92. The molecule has 0 fully saturated rings. The van der Waals surface area contributed by atoms with E-state index in [2.05, 4.69) is 15.5 Å². The average Bonchev–Trinajstić information content (AvgIpc) is 3.10. The lowest BCUT2D eigenvalue weighted by molar-refractivity contribution is 0.630. The van der Waals surface area contributed by atoms with Crippen LogP contribution in [0.3, 0.4) is 0 Å². The summed E-state index contributed by atoms with van der Waals surface area (Å²) in [5.74, 6) is 1.46. The molecule has 0 aliphatic carbocycles. The van der Waals surface area contributed by atoms with Crippen LogP contribution in [0.25, 0.3) is 33.2 Å². The molecule has 2 N–H and O–H groups in total. The molecule has 2 aromatic heterocycles. The second-order valence-corrected chi connectivity index (χ2v) is 6.62. The Labute approximate surface area is 160 Å². The summed E-state index contributed by atoms with van der Waals surface area (Å²) in [4.78, 5) is 9.50. The molecule has 5 nitrogen and oxygen atoms in total. The van der Waals surface area contributed by atoms with Crippen molar-refractivity contribution >= 4 is 33.4 Å². The van der Waals surface area contributed by atoms with Crippen LogP contribution in [0.2, 0.25) is 0 Å². The van der Waals surface area contributed by atoms with E-state index in [-0.39, 0.29) is 5.82 Å². The van der Waals surface area contributed by atoms with Crippen LogP contribution in [-0.2, 0) is 0 Å². The minimum absolute atomic E-state index is 0.315. The second-order valence-electron chi connectivity index (χ2n) is 6.62. The number of anilines is 2. The molecule has 3 aromatic carbocycles. The molecule has 136 valence electrons. The maximum Gasteiger partial charge on any atom is 0.162 e. The summed E-state index contributed by atoms with van der Waals surface area (Å²) in [5.41, 5.74) is 3.64. The number of aromatic amines is 1. The van der Waals surface area contributed by atoms with Gasteiger partial charge in [0.25, 0.3) is 0 Å². The van der Waals surface area contributed by atoms with Crippen molar-refractivity contribution in [2.24, 2.45) is 0 Å². The monoisotopic (exact) mass is 369 g/mol. The lowest BCUT2D eigenvalue weighted by Gasteiger charge is -2.11. The van der Waals surface area contributed by atoms with Crippen molar-refractivity contribution in [2.75, 3.05) is 5.32 Å². The van der Waals surface area contributed by atoms with E-state index in [1.807, 2.05) is 55.5 Å². The van der Waals surface area contributed by atoms with Gasteiger partial charge in [0.05, 0.1) is 11.0 Å². The van der Waals surface area contributed by atoms with E-state index in [0.29, 0.717) is 22.8 Å². The fourth-order valence-electron chi connectivity index (χ4n) is 3.31. The van der Waals surface area contributed by atoms with E-state index in [1.54, 1.807) is 6.07 Å². The van der Waals surface area contributed by atoms with Crippen molar-refractivity contribution in [3.8, 4) is 11.4 Å². The molecular weight excluding hydrogens is 353 g/mol. The van der Waals surface area contributed by atoms with Crippen LogP contribution in [0.5, 0.6) is 0 Å². The third-order valence-electron chi connectivity index (χ3n) is 4.75. The maximum atomic E-state index is 13.7. The summed E-state index contributed by atoms with van der Waals surface area (Å²) in [6.07, 6.45) is 0. The number of benzene rings is 3. The zero-order chi connectivity index (χ0) is 19.1. The normalized spacial score (nSPS) is 11.2. The molecule has 2 heterocycles. The van der Waals surface area contributed by atoms with Gasteiger partial charge in [0.1, 0.15) is 11.6 Å². The molecule has 5 aromatic rings. The lowest BCUT2D eigenvalue weighted by Crippen LogP contribution is -2.00. The van der Waals surface area contributed by atoms with E-state index >= 15 is 0 Å². The quantitative estimate of drug-likeness (QED) is 0.449. The number of rotatable bonds is 3. The molecule has 5 rings (SSSR count). The summed E-state index contributed by atoms with van der Waals surface area (Å²) >= 11 is 0. The van der Waals surface area contributed by atoms with Crippen LogP contribution in [-0.4, -0.2) is 20.2 Å². The standard InChI is InChI=1S/C22H16FN5/c1-13-6-2-3-7-15(13)20-24-18-9-5-4-8-16(18)21(25-20)26-22-17-12-14(23)10-11-19(17)27-28-22/h2-12H,1H3,(H2,24,25,26,27,28). The molecule has 0 radical (unpaired) electrons. The first-order valence-electron chi connectivity index (χ1n) is 8.92. The van der Waals surface area contributed by atoms with Gasteiger partial charge in [-0.1, -0.05) is 36.4 Å². The van der Waals surface area contributed by atoms with Gasteiger partial charge in [-0.3, -0.25) is 5.10 Å². The molecule has 0 aliphatic rings. The molecule has 0 atom stereocenters. The van der Waals surface area contributed by atoms with Crippen LogP contribution in [0.15, 0.2) is 66.7 Å². The lowest BCUT2D eigenvalue weighted by atomic mass is 10.1. The molecule has 0 bridgehead atoms. The van der Waals surface area contributed by atoms with Gasteiger partial charge in [-0.15, -0.1) is 0 Å². The Kier molecular flexibility index (Phi) is 3.76. The predicted molar refractivity (Wildman–Crippen MR) is 109 cm³/mol. The summed E-state index contributed by atoms with van der Waals surface area (Å²) < 4.78 is 13.7. The number of para-hydroxylation sites is 1. The SMILES string of the molecule is Cc1ccccc1-c1nc(Nc2n[nH]c3ccc(F)cc23)c2ccccc2n1. The van der Waals surface area contributed by atoms with Gasteiger partial charge in [0, 0.05) is 16.3 Å². The second kappa shape index (κ2) is 6.42. The first-order chi connectivity index (χ1) is 13.7. The first kappa shape index (κ1) is 16.4. The highest BCUT2D eigenvalue weighted by atomic mass is 19.1. The third-order valence-corrected chi connectivity index (χ3v) is 4.75. The minimum Gasteiger partial charge on any atom is -0.322 e. The number of aryl methyl sites for hydroxylation is 1. The number of halogens is 1. The van der Waals surface area contributed by atoms with Gasteiger partial charge in [-0.2, -0.15) is 5.10 Å². The minimum atomic E-state index is -0.315. The Bertz CT molecular complexity index is 1330. The van der Waals surface area contributed by atoms with Gasteiger partial charge in [-0.05, 0) is 42.8 Å². The highest BCUT2D eigenvalue weighted by Gasteiger charge is 2.13. The number of nitrogens with zero attached hydrogens (tertiary/aromatic N) is 3. The molecule has 6 heteroatoms. The number of aromatic nitrogens is 4. The number of hydrogen-bond donors (Lipinski definition) is 2. The fourth-order valence-corrected chi connectivity index (χ4v) is 3.31. The van der Waals surface area contributed by atoms with Gasteiger partial charge in [0.2, 0.25) is 0 Å². The van der Waals surface area contributed by atoms with Crippen LogP contribution in [0, 0.1) is 12.7 Å². The fraction of sp³-hybridized carbons (Fsp3) is 0.0455. The summed E-state index contributed by atoms with van der Waals surface area (Å²) in [6.45, 7) is 2.03. The number of fused-ring (bicyclic) bond motifs is 2. The van der Waals surface area contributed by atoms with Gasteiger partial charge >= 0.3 is 0 Å². The molecule has 0 saturated heterocycles. The van der Waals surface area contributed by atoms with Crippen molar-refractivity contribution in [1.29, 1.82) is 0 Å². The highest BCUT2D eigenvalue weighted by molar-refractivity contribution is 5.96. The Morgan fingerprint density at radius 3 is 2.57 bits per heavy atom. The molecular formula is C22H16FN5. The average molecular weight is 369 g/mol. The largest absolute Gasteiger partial charge is 0.322 e. The zero-order valence-electron chi connectivity index (χ0n) is 15.1. The Hall–Kier alpha value is -3.80. The highest BCUT2D eigenvalue weighted by Crippen LogP contribution is 2.30. The Balaban J connectivity index is 1.69. The van der Waals surface area contributed by atoms with E-state index in [4.69, 9.17) is 9.97 Å². The summed E-state index contributed by atoms with van der Waals surface area (Å²) in [6, 6.07) is 20.3. The van der Waals surface area contributed by atoms with Crippen molar-refractivity contribution in [1.82, 2.24) is 20.2 Å². The van der Waals surface area contributed by atoms with Crippen LogP contribution in [0.4, 0.5) is 16.0 Å². The van der Waals surface area contributed by atoms with Crippen LogP contribution < -0.4 is 5.32 Å². The van der Waals surface area contributed by atoms with E-state index in [1.165, 1.54) is 12.1 Å². The predicted octanol–water partition coefficient (Wildman–Crippen LogP) is 5.36. The Morgan fingerprint density at radius 1 is 0.857 bits per heavy atom. The summed E-state index contributed by atoms with van der Waals surface area (Å²) in [7, 11) is 0. The molecule has 28 heavy (non-hydrogen) atoms. The topological polar surface area (TPSA) is 66.5 Å². The van der Waals surface area contributed by atoms with Gasteiger partial charge in [0.15, 0.2) is 11.6 Å². The van der Waals surface area contributed by atoms with Crippen molar-refractivity contribution in [2.45, 2.75) is 6.92 Å². The van der Waals surface area contributed by atoms with E-state index < -0.39 is 0 Å². The van der Waals surface area contributed by atoms with Crippen molar-refractivity contribution < 1.29 is 4.39 Å². The number of hydrogen-bond acceptors (Lipinski definition) is 4. The maximum absolute atomic E-state index is 13.7. The third kappa shape index (κ3) is 2.75. The van der Waals surface area contributed by atoms with Crippen LogP contribution in [0.1, 0.15) is 5.56 Å². The van der Waals surface area contributed by atoms with Gasteiger partial charge in [-0.25, -0.2) is 14.4 Å². The zero-order valence-corrected chi connectivity index (χ0v) is 15.1. The molecule has 0 aliphatic heterocycles. The summed E-state index contributed by atoms with van der Waals surface area (Å²) in [5, 5.41) is 12.0. The van der Waals surface area contributed by atoms with E-state index in [9.17, 15) is 4.39 Å².